The average Bonchev–Trinajstić information content (AvgIpc) is 3.08. The molecule has 1 heterocycles. The molecule has 0 aromatic heterocycles. The molecule has 0 aliphatic carbocycles. The third-order valence-corrected chi connectivity index (χ3v) is 6.05. The number of hydrogen-bond donors (Lipinski definition) is 1. The van der Waals surface area contributed by atoms with Crippen molar-refractivity contribution in [2.75, 3.05) is 6.54 Å². The van der Waals surface area contributed by atoms with E-state index in [1.54, 1.807) is 13.8 Å². The van der Waals surface area contributed by atoms with Crippen LogP contribution in [0.25, 0.3) is 0 Å². The number of halogens is 2. The molecule has 0 radical (unpaired) electrons. The highest BCUT2D eigenvalue weighted by molar-refractivity contribution is 8.15. The number of nitrogens with zero attached hydrogens (tertiary/aromatic N) is 2. The molecule has 1 aliphatic rings. The molecule has 0 bridgehead atoms. The predicted molar refractivity (Wildman–Crippen MR) is 109 cm³/mol. The zero-order valence-corrected chi connectivity index (χ0v) is 16.7. The molecular weight excluding hydrogens is 380 g/mol. The number of thioether (sulfide) groups is 1. The molecular formula is C21H23F2N3OS. The number of carbonyl (C=O) groups is 1. The molecule has 0 saturated carbocycles. The first-order valence-electron chi connectivity index (χ1n) is 9.22. The third kappa shape index (κ3) is 3.82. The van der Waals surface area contributed by atoms with E-state index in [9.17, 15) is 13.6 Å². The second-order valence-corrected chi connectivity index (χ2v) is 8.24. The van der Waals surface area contributed by atoms with Gasteiger partial charge in [0.2, 0.25) is 5.91 Å². The van der Waals surface area contributed by atoms with E-state index >= 15 is 0 Å². The van der Waals surface area contributed by atoms with Crippen molar-refractivity contribution in [2.45, 2.75) is 31.6 Å². The first-order valence-corrected chi connectivity index (χ1v) is 10.0. The lowest BCUT2D eigenvalue weighted by molar-refractivity contribution is -0.138. The highest BCUT2D eigenvalue weighted by atomic mass is 32.2. The van der Waals surface area contributed by atoms with E-state index in [1.807, 2.05) is 30.3 Å². The lowest BCUT2D eigenvalue weighted by atomic mass is 9.99. The summed E-state index contributed by atoms with van der Waals surface area (Å²) in [5, 5.41) is 6.20. The summed E-state index contributed by atoms with van der Waals surface area (Å²) in [7, 11) is 0. The highest BCUT2D eigenvalue weighted by Gasteiger charge is 2.48. The number of hydrogen-bond acceptors (Lipinski definition) is 4. The third-order valence-electron chi connectivity index (χ3n) is 4.60. The van der Waals surface area contributed by atoms with E-state index in [0.29, 0.717) is 19.4 Å². The summed E-state index contributed by atoms with van der Waals surface area (Å²) >= 11 is 1.27. The molecule has 1 amide bonds. The second kappa shape index (κ2) is 8.41. The van der Waals surface area contributed by atoms with Gasteiger partial charge >= 0.3 is 0 Å². The summed E-state index contributed by atoms with van der Waals surface area (Å²) in [6.45, 7) is 4.03. The van der Waals surface area contributed by atoms with E-state index < -0.39 is 16.5 Å². The molecule has 1 atom stereocenters. The minimum atomic E-state index is -0.851. The van der Waals surface area contributed by atoms with Gasteiger partial charge < -0.3 is 5.73 Å². The molecule has 0 spiro atoms. The average molecular weight is 403 g/mol. The molecule has 2 aromatic rings. The Labute approximate surface area is 167 Å². The maximum absolute atomic E-state index is 14.4. The van der Waals surface area contributed by atoms with Gasteiger partial charge in [0.1, 0.15) is 21.5 Å². The van der Waals surface area contributed by atoms with Gasteiger partial charge in [-0.1, -0.05) is 55.9 Å². The van der Waals surface area contributed by atoms with Crippen molar-refractivity contribution in [1.82, 2.24) is 5.01 Å². The molecule has 4 nitrogen and oxygen atoms in total. The maximum atomic E-state index is 14.4. The fourth-order valence-electron chi connectivity index (χ4n) is 3.16. The number of rotatable bonds is 6. The first kappa shape index (κ1) is 20.5. The fourth-order valence-corrected chi connectivity index (χ4v) is 4.59. The number of benzene rings is 2. The largest absolute Gasteiger partial charge is 0.330 e. The Bertz CT molecular complexity index is 888. The molecule has 2 aromatic carbocycles. The molecule has 7 heteroatoms. The van der Waals surface area contributed by atoms with Crippen LogP contribution in [0.15, 0.2) is 53.6 Å². The monoisotopic (exact) mass is 403 g/mol. The standard InChI is InChI=1S/C21H23F2N3OS/c1-14(2)20(27)26-21(11-6-12-24,15-7-4-3-5-8-15)28-19(25-26)17-13-16(22)9-10-18(17)23/h3-5,7-10,13-14H,6,11-12,24H2,1-2H3/t21-/m1/s1. The van der Waals surface area contributed by atoms with Crippen molar-refractivity contribution < 1.29 is 13.6 Å². The van der Waals surface area contributed by atoms with Crippen LogP contribution in [0, 0.1) is 17.6 Å². The van der Waals surface area contributed by atoms with Crippen molar-refractivity contribution in [1.29, 1.82) is 0 Å². The van der Waals surface area contributed by atoms with Gasteiger partial charge in [0, 0.05) is 11.5 Å². The quantitative estimate of drug-likeness (QED) is 0.775. The Kier molecular flexibility index (Phi) is 6.15. The fraction of sp³-hybridized carbons (Fsp3) is 0.333. The van der Waals surface area contributed by atoms with Gasteiger partial charge in [-0.05, 0) is 43.1 Å². The molecule has 0 saturated heterocycles. The zero-order valence-electron chi connectivity index (χ0n) is 15.9. The van der Waals surface area contributed by atoms with Gasteiger partial charge in [-0.25, -0.2) is 13.8 Å². The maximum Gasteiger partial charge on any atom is 0.246 e. The number of carbonyl (C=O) groups excluding carboxylic acids is 1. The molecule has 0 unspecified atom stereocenters. The van der Waals surface area contributed by atoms with Crippen LogP contribution >= 0.6 is 11.8 Å². The van der Waals surface area contributed by atoms with Crippen molar-refractivity contribution in [3.63, 3.8) is 0 Å². The number of nitrogens with two attached hydrogens (primary N) is 1. The SMILES string of the molecule is CC(C)C(=O)N1N=C(c2cc(F)ccc2F)S[C@]1(CCCN)c1ccccc1. The Morgan fingerprint density at radius 1 is 1.21 bits per heavy atom. The minimum Gasteiger partial charge on any atom is -0.330 e. The number of amides is 1. The lowest BCUT2D eigenvalue weighted by Crippen LogP contribution is -2.43. The highest BCUT2D eigenvalue weighted by Crippen LogP contribution is 2.51. The molecule has 3 rings (SSSR count). The van der Waals surface area contributed by atoms with Crippen LogP contribution in [0.2, 0.25) is 0 Å². The molecule has 0 fully saturated rings. The minimum absolute atomic E-state index is 0.0529. The lowest BCUT2D eigenvalue weighted by Gasteiger charge is -2.36. The second-order valence-electron chi connectivity index (χ2n) is 6.98. The van der Waals surface area contributed by atoms with Crippen LogP contribution < -0.4 is 5.73 Å². The van der Waals surface area contributed by atoms with E-state index in [4.69, 9.17) is 5.73 Å². The normalized spacial score (nSPS) is 19.2. The molecule has 28 heavy (non-hydrogen) atoms. The Balaban J connectivity index is 2.15. The van der Waals surface area contributed by atoms with E-state index in [0.717, 1.165) is 23.8 Å². The molecule has 148 valence electrons. The Morgan fingerprint density at radius 2 is 1.93 bits per heavy atom. The van der Waals surface area contributed by atoms with E-state index in [1.165, 1.54) is 16.8 Å². The summed E-state index contributed by atoms with van der Waals surface area (Å²) in [4.78, 5) is 12.2. The van der Waals surface area contributed by atoms with E-state index in [-0.39, 0.29) is 22.4 Å². The summed E-state index contributed by atoms with van der Waals surface area (Å²) in [6, 6.07) is 12.8. The van der Waals surface area contributed by atoms with Gasteiger partial charge in [0.15, 0.2) is 0 Å². The van der Waals surface area contributed by atoms with Crippen molar-refractivity contribution in [2.24, 2.45) is 16.8 Å². The zero-order chi connectivity index (χ0) is 20.3. The van der Waals surface area contributed by atoms with Crippen LogP contribution in [0.1, 0.15) is 37.8 Å². The topological polar surface area (TPSA) is 58.7 Å². The first-order chi connectivity index (χ1) is 13.4. The Morgan fingerprint density at radius 3 is 2.57 bits per heavy atom. The molecule has 2 N–H and O–H groups in total. The number of hydrazone groups is 1. The summed E-state index contributed by atoms with van der Waals surface area (Å²) in [5.74, 6) is -1.62. The van der Waals surface area contributed by atoms with Gasteiger partial charge in [0.25, 0.3) is 0 Å². The van der Waals surface area contributed by atoms with Gasteiger partial charge in [-0.3, -0.25) is 4.79 Å². The Hall–Kier alpha value is -2.25. The van der Waals surface area contributed by atoms with Gasteiger partial charge in [-0.15, -0.1) is 0 Å². The van der Waals surface area contributed by atoms with Crippen LogP contribution in [0.5, 0.6) is 0 Å². The van der Waals surface area contributed by atoms with Crippen molar-refractivity contribution in [3.05, 3.63) is 71.3 Å². The van der Waals surface area contributed by atoms with Crippen molar-refractivity contribution >= 4 is 22.7 Å². The molecule has 1 aliphatic heterocycles. The van der Waals surface area contributed by atoms with Crippen LogP contribution in [-0.4, -0.2) is 22.5 Å². The van der Waals surface area contributed by atoms with Gasteiger partial charge in [0.05, 0.1) is 0 Å². The van der Waals surface area contributed by atoms with E-state index in [2.05, 4.69) is 5.10 Å². The van der Waals surface area contributed by atoms with Crippen LogP contribution in [-0.2, 0) is 9.67 Å². The van der Waals surface area contributed by atoms with Gasteiger partial charge in [-0.2, -0.15) is 5.10 Å². The smallest absolute Gasteiger partial charge is 0.246 e. The summed E-state index contributed by atoms with van der Waals surface area (Å²) in [5.41, 5.74) is 6.68. The van der Waals surface area contributed by atoms with Crippen LogP contribution in [0.4, 0.5) is 8.78 Å². The summed E-state index contributed by atoms with van der Waals surface area (Å²) < 4.78 is 28.2. The summed E-state index contributed by atoms with van der Waals surface area (Å²) in [6.07, 6.45) is 1.19. The predicted octanol–water partition coefficient (Wildman–Crippen LogP) is 4.45. The van der Waals surface area contributed by atoms with Crippen LogP contribution in [0.3, 0.4) is 0 Å². The van der Waals surface area contributed by atoms with Crippen molar-refractivity contribution in [3.8, 4) is 0 Å².